The van der Waals surface area contributed by atoms with E-state index in [1.807, 2.05) is 6.08 Å². The third kappa shape index (κ3) is 36.4. The molecule has 51 heavy (non-hydrogen) atoms. The Balaban J connectivity index is 4.39. The number of nitrogens with two attached hydrogens (primary N) is 1. The second kappa shape index (κ2) is 37.9. The van der Waals surface area contributed by atoms with Gasteiger partial charge in [-0.05, 0) is 70.6 Å². The van der Waals surface area contributed by atoms with Crippen molar-refractivity contribution in [2.24, 2.45) is 5.73 Å². The van der Waals surface area contributed by atoms with E-state index >= 15 is 0 Å². The molecule has 0 aromatic carbocycles. The van der Waals surface area contributed by atoms with Gasteiger partial charge in [0.1, 0.15) is 0 Å². The van der Waals surface area contributed by atoms with Crippen molar-refractivity contribution in [2.75, 3.05) is 19.8 Å². The van der Waals surface area contributed by atoms with E-state index in [0.29, 0.717) is 6.42 Å². The Bertz CT molecular complexity index is 980. The fourth-order valence-electron chi connectivity index (χ4n) is 5.41. The number of aliphatic hydroxyl groups excluding tert-OH is 1. The Labute approximate surface area is 313 Å². The van der Waals surface area contributed by atoms with Gasteiger partial charge in [-0.1, -0.05) is 152 Å². The van der Waals surface area contributed by atoms with Crippen molar-refractivity contribution in [1.29, 1.82) is 0 Å². The molecule has 0 aliphatic rings. The second-order valence-corrected chi connectivity index (χ2v) is 14.9. The molecule has 0 aromatic rings. The number of phosphoric ester groups is 1. The fraction of sp³-hybridized carbons (Fsp3) is 0.738. The Morgan fingerprint density at radius 3 is 1.69 bits per heavy atom. The van der Waals surface area contributed by atoms with Gasteiger partial charge in [0.2, 0.25) is 5.91 Å². The molecular formula is C42H77N2O6P. The molecule has 0 saturated heterocycles. The zero-order chi connectivity index (χ0) is 37.5. The zero-order valence-electron chi connectivity index (χ0n) is 32.6. The molecule has 0 saturated carbocycles. The molecule has 0 aliphatic carbocycles. The van der Waals surface area contributed by atoms with E-state index in [4.69, 9.17) is 14.8 Å². The number of carbonyl (C=O) groups is 1. The Hall–Kier alpha value is -1.80. The number of aliphatic hydroxyl groups is 1. The number of allylic oxidation sites excluding steroid dienone is 9. The smallest absolute Gasteiger partial charge is 0.387 e. The summed E-state index contributed by atoms with van der Waals surface area (Å²) in [6.45, 7) is 4.03. The first-order valence-electron chi connectivity index (χ1n) is 20.4. The molecule has 0 heterocycles. The molecule has 0 aromatic heterocycles. The SMILES string of the molecule is CCCC/C=C\C/C=C\CCCCCCCC(=O)NC(COP(=O)(O)OCCN)C(O)/C=C/CC/C=C/CC/C=C/CCCCCCCCCC. The summed E-state index contributed by atoms with van der Waals surface area (Å²) >= 11 is 0. The topological polar surface area (TPSA) is 131 Å². The van der Waals surface area contributed by atoms with Gasteiger partial charge in [-0.2, -0.15) is 0 Å². The van der Waals surface area contributed by atoms with Crippen LogP contribution in [0.3, 0.4) is 0 Å². The predicted molar refractivity (Wildman–Crippen MR) is 217 cm³/mol. The van der Waals surface area contributed by atoms with Crippen LogP contribution in [0.1, 0.15) is 168 Å². The highest BCUT2D eigenvalue weighted by molar-refractivity contribution is 7.47. The maximum absolute atomic E-state index is 12.7. The average Bonchev–Trinajstić information content (AvgIpc) is 3.12. The van der Waals surface area contributed by atoms with Crippen LogP contribution in [0.4, 0.5) is 0 Å². The van der Waals surface area contributed by atoms with Crippen LogP contribution in [0.2, 0.25) is 0 Å². The number of rotatable bonds is 37. The molecule has 0 bridgehead atoms. The molecule has 3 unspecified atom stereocenters. The van der Waals surface area contributed by atoms with Gasteiger partial charge in [0.15, 0.2) is 0 Å². The Morgan fingerprint density at radius 1 is 0.647 bits per heavy atom. The minimum absolute atomic E-state index is 0.0669. The lowest BCUT2D eigenvalue weighted by atomic mass is 10.1. The molecular weight excluding hydrogens is 659 g/mol. The van der Waals surface area contributed by atoms with Crippen LogP contribution in [0.15, 0.2) is 60.8 Å². The minimum Gasteiger partial charge on any atom is -0.387 e. The molecule has 1 amide bonds. The van der Waals surface area contributed by atoms with Gasteiger partial charge in [-0.3, -0.25) is 13.8 Å². The van der Waals surface area contributed by atoms with Crippen LogP contribution in [0.25, 0.3) is 0 Å². The lowest BCUT2D eigenvalue weighted by Gasteiger charge is -2.23. The average molecular weight is 737 g/mol. The standard InChI is InChI=1S/C42H77N2O6P/c1-3-5-7-9-11-13-15-17-19-20-21-22-23-25-27-29-31-33-35-41(45)40(39-50-51(47,48)49-38-37-43)44-42(46)36-34-32-30-28-26-24-18-16-14-12-10-8-6-4-2/h10,12,16,18,20-21,25,27,33,35,40-41,45H,3-9,11,13-15,17,19,22-24,26,28-32,34,36-39,43H2,1-2H3,(H,44,46)(H,47,48)/b12-10-,18-16-,21-20+,27-25+,35-33+. The number of nitrogens with one attached hydrogen (secondary N) is 1. The maximum Gasteiger partial charge on any atom is 0.472 e. The van der Waals surface area contributed by atoms with E-state index < -0.39 is 20.0 Å². The largest absolute Gasteiger partial charge is 0.472 e. The zero-order valence-corrected chi connectivity index (χ0v) is 33.5. The van der Waals surface area contributed by atoms with Gasteiger partial charge in [0.05, 0.1) is 25.4 Å². The number of phosphoric acid groups is 1. The van der Waals surface area contributed by atoms with Crippen LogP contribution >= 0.6 is 7.82 Å². The predicted octanol–water partition coefficient (Wildman–Crippen LogP) is 11.1. The molecule has 3 atom stereocenters. The third-order valence-corrected chi connectivity index (χ3v) is 9.53. The van der Waals surface area contributed by atoms with Crippen molar-refractivity contribution in [3.8, 4) is 0 Å². The summed E-state index contributed by atoms with van der Waals surface area (Å²) in [7, 11) is -4.35. The Kier molecular flexibility index (Phi) is 36.6. The first-order chi connectivity index (χ1) is 24.9. The normalized spacial score (nSPS) is 14.8. The molecule has 5 N–H and O–H groups in total. The monoisotopic (exact) mass is 737 g/mol. The first kappa shape index (κ1) is 49.2. The van der Waals surface area contributed by atoms with Crippen molar-refractivity contribution in [1.82, 2.24) is 5.32 Å². The van der Waals surface area contributed by atoms with Crippen molar-refractivity contribution in [3.63, 3.8) is 0 Å². The molecule has 9 heteroatoms. The number of hydrogen-bond acceptors (Lipinski definition) is 6. The summed E-state index contributed by atoms with van der Waals surface area (Å²) in [4.78, 5) is 22.6. The lowest BCUT2D eigenvalue weighted by Crippen LogP contribution is -2.45. The number of hydrogen-bond donors (Lipinski definition) is 4. The minimum atomic E-state index is -4.35. The summed E-state index contributed by atoms with van der Waals surface area (Å²) in [5, 5.41) is 13.6. The summed E-state index contributed by atoms with van der Waals surface area (Å²) in [5.74, 6) is -0.226. The maximum atomic E-state index is 12.7. The summed E-state index contributed by atoms with van der Waals surface area (Å²) in [6, 6.07) is -0.892. The summed E-state index contributed by atoms with van der Waals surface area (Å²) in [6.07, 6.45) is 47.0. The van der Waals surface area contributed by atoms with E-state index in [1.165, 1.54) is 77.0 Å². The van der Waals surface area contributed by atoms with Gasteiger partial charge >= 0.3 is 7.82 Å². The highest BCUT2D eigenvalue weighted by Crippen LogP contribution is 2.43. The van der Waals surface area contributed by atoms with Crippen molar-refractivity contribution in [3.05, 3.63) is 60.8 Å². The van der Waals surface area contributed by atoms with Crippen LogP contribution in [0.5, 0.6) is 0 Å². The molecule has 0 spiro atoms. The molecule has 8 nitrogen and oxygen atoms in total. The first-order valence-corrected chi connectivity index (χ1v) is 21.9. The van der Waals surface area contributed by atoms with E-state index in [2.05, 4.69) is 67.8 Å². The quantitative estimate of drug-likeness (QED) is 0.0284. The van der Waals surface area contributed by atoms with E-state index in [-0.39, 0.29) is 25.7 Å². The van der Waals surface area contributed by atoms with Gasteiger partial charge in [0.25, 0.3) is 0 Å². The van der Waals surface area contributed by atoms with E-state index in [1.54, 1.807) is 6.08 Å². The van der Waals surface area contributed by atoms with Crippen LogP contribution in [-0.4, -0.2) is 47.8 Å². The number of unbranched alkanes of at least 4 members (excludes halogenated alkanes) is 17. The Morgan fingerprint density at radius 2 is 1.12 bits per heavy atom. The van der Waals surface area contributed by atoms with Gasteiger partial charge < -0.3 is 21.1 Å². The van der Waals surface area contributed by atoms with Crippen LogP contribution < -0.4 is 11.1 Å². The van der Waals surface area contributed by atoms with Crippen LogP contribution in [-0.2, 0) is 18.4 Å². The summed E-state index contributed by atoms with van der Waals surface area (Å²) < 4.78 is 22.0. The van der Waals surface area contributed by atoms with Gasteiger partial charge in [0, 0.05) is 13.0 Å². The van der Waals surface area contributed by atoms with E-state index in [0.717, 1.165) is 70.6 Å². The van der Waals surface area contributed by atoms with Gasteiger partial charge in [-0.15, -0.1) is 0 Å². The molecule has 0 aliphatic heterocycles. The van der Waals surface area contributed by atoms with Crippen molar-refractivity contribution >= 4 is 13.7 Å². The van der Waals surface area contributed by atoms with Crippen molar-refractivity contribution < 1.29 is 28.4 Å². The molecule has 0 radical (unpaired) electrons. The van der Waals surface area contributed by atoms with Crippen molar-refractivity contribution in [2.45, 2.75) is 180 Å². The highest BCUT2D eigenvalue weighted by Gasteiger charge is 2.26. The molecule has 0 fully saturated rings. The molecule has 0 rings (SSSR count). The molecule has 296 valence electrons. The number of carbonyl (C=O) groups excluding carboxylic acids is 1. The number of amides is 1. The van der Waals surface area contributed by atoms with Gasteiger partial charge in [-0.25, -0.2) is 4.57 Å². The lowest BCUT2D eigenvalue weighted by molar-refractivity contribution is -0.123. The summed E-state index contributed by atoms with van der Waals surface area (Å²) in [5.41, 5.74) is 5.36. The second-order valence-electron chi connectivity index (χ2n) is 13.5. The fourth-order valence-corrected chi connectivity index (χ4v) is 6.17. The van der Waals surface area contributed by atoms with E-state index in [9.17, 15) is 19.4 Å². The van der Waals surface area contributed by atoms with Crippen LogP contribution in [0, 0.1) is 0 Å². The third-order valence-electron chi connectivity index (χ3n) is 8.54. The highest BCUT2D eigenvalue weighted by atomic mass is 31.2.